The molecular weight excluding hydrogens is 292 g/mol. The third kappa shape index (κ3) is 4.59. The number of nitrogens with zero attached hydrogens (tertiary/aromatic N) is 1. The molecule has 1 N–H and O–H groups in total. The van der Waals surface area contributed by atoms with E-state index in [1.807, 2.05) is 19.1 Å². The van der Waals surface area contributed by atoms with Gasteiger partial charge in [-0.3, -0.25) is 4.90 Å². The van der Waals surface area contributed by atoms with Crippen LogP contribution in [0.15, 0.2) is 18.2 Å². The second-order valence-electron chi connectivity index (χ2n) is 6.27. The molecule has 0 aromatic heterocycles. The van der Waals surface area contributed by atoms with Crippen LogP contribution in [0.2, 0.25) is 0 Å². The van der Waals surface area contributed by atoms with Gasteiger partial charge in [-0.15, -0.1) is 0 Å². The van der Waals surface area contributed by atoms with Gasteiger partial charge in [0.25, 0.3) is 0 Å². The number of hydrogen-bond acceptors (Lipinski definition) is 5. The third-order valence-corrected chi connectivity index (χ3v) is 4.46. The Morgan fingerprint density at radius 1 is 1.30 bits per heavy atom. The summed E-state index contributed by atoms with van der Waals surface area (Å²) in [5.74, 6) is 1.59. The molecule has 1 atom stereocenters. The number of hydrogen-bond donors (Lipinski definition) is 1. The van der Waals surface area contributed by atoms with E-state index in [0.29, 0.717) is 12.7 Å². The van der Waals surface area contributed by atoms with Crippen molar-refractivity contribution in [3.8, 4) is 11.5 Å². The van der Waals surface area contributed by atoms with Crippen LogP contribution in [0.1, 0.15) is 25.3 Å². The number of methoxy groups -OCH3 is 1. The lowest BCUT2D eigenvalue weighted by Gasteiger charge is -2.33. The Kier molecular flexibility index (Phi) is 5.75. The van der Waals surface area contributed by atoms with Crippen molar-refractivity contribution in [3.63, 3.8) is 0 Å². The Labute approximate surface area is 138 Å². The molecule has 1 heterocycles. The van der Waals surface area contributed by atoms with E-state index in [1.165, 1.54) is 18.4 Å². The van der Waals surface area contributed by atoms with Crippen molar-refractivity contribution in [2.75, 3.05) is 40.0 Å². The maximum atomic E-state index is 5.87. The summed E-state index contributed by atoms with van der Waals surface area (Å²) >= 11 is 0. The Morgan fingerprint density at radius 3 is 2.91 bits per heavy atom. The van der Waals surface area contributed by atoms with Crippen LogP contribution >= 0.6 is 0 Å². The van der Waals surface area contributed by atoms with Gasteiger partial charge in [0.05, 0.1) is 26.4 Å². The molecule has 23 heavy (non-hydrogen) atoms. The molecule has 0 amide bonds. The summed E-state index contributed by atoms with van der Waals surface area (Å²) in [5.41, 5.74) is 1.19. The molecule has 1 saturated heterocycles. The second-order valence-corrected chi connectivity index (χ2v) is 6.27. The summed E-state index contributed by atoms with van der Waals surface area (Å²) in [6.07, 6.45) is 3.03. The van der Waals surface area contributed by atoms with Crippen molar-refractivity contribution in [1.29, 1.82) is 0 Å². The molecule has 1 aromatic carbocycles. The lowest BCUT2D eigenvalue weighted by atomic mass is 10.2. The summed E-state index contributed by atoms with van der Waals surface area (Å²) in [4.78, 5) is 2.58. The maximum absolute atomic E-state index is 5.87. The van der Waals surface area contributed by atoms with Gasteiger partial charge in [-0.2, -0.15) is 0 Å². The van der Waals surface area contributed by atoms with Gasteiger partial charge in [-0.05, 0) is 37.5 Å². The van der Waals surface area contributed by atoms with Crippen molar-refractivity contribution in [2.24, 2.45) is 0 Å². The zero-order valence-corrected chi connectivity index (χ0v) is 14.2. The molecule has 0 bridgehead atoms. The van der Waals surface area contributed by atoms with E-state index < -0.39 is 0 Å². The van der Waals surface area contributed by atoms with Crippen molar-refractivity contribution < 1.29 is 14.2 Å². The van der Waals surface area contributed by atoms with Gasteiger partial charge in [0.2, 0.25) is 0 Å². The molecule has 1 aromatic rings. The van der Waals surface area contributed by atoms with Crippen LogP contribution < -0.4 is 14.8 Å². The first kappa shape index (κ1) is 16.6. The van der Waals surface area contributed by atoms with Gasteiger partial charge in [0.15, 0.2) is 11.5 Å². The van der Waals surface area contributed by atoms with Crippen LogP contribution in [0, 0.1) is 0 Å². The highest BCUT2D eigenvalue weighted by Crippen LogP contribution is 2.29. The first-order valence-corrected chi connectivity index (χ1v) is 8.66. The van der Waals surface area contributed by atoms with Gasteiger partial charge in [-0.1, -0.05) is 6.07 Å². The predicted octanol–water partition coefficient (Wildman–Crippen LogP) is 2.05. The lowest BCUT2D eigenvalue weighted by Crippen LogP contribution is -2.47. The lowest BCUT2D eigenvalue weighted by molar-refractivity contribution is -0.0301. The number of ether oxygens (including phenoxy) is 3. The summed E-state index contributed by atoms with van der Waals surface area (Å²) < 4.78 is 16.8. The van der Waals surface area contributed by atoms with E-state index in [4.69, 9.17) is 14.2 Å². The van der Waals surface area contributed by atoms with Gasteiger partial charge in [0, 0.05) is 32.2 Å². The Hall–Kier alpha value is -1.30. The molecule has 128 valence electrons. The van der Waals surface area contributed by atoms with Gasteiger partial charge in [-0.25, -0.2) is 0 Å². The van der Waals surface area contributed by atoms with Crippen LogP contribution in [0.25, 0.3) is 0 Å². The molecule has 2 fully saturated rings. The normalized spacial score (nSPS) is 22.1. The molecular formula is C18H28N2O3. The molecule has 1 saturated carbocycles. The van der Waals surface area contributed by atoms with Crippen molar-refractivity contribution in [1.82, 2.24) is 10.2 Å². The molecule has 5 nitrogen and oxygen atoms in total. The zero-order valence-electron chi connectivity index (χ0n) is 14.2. The van der Waals surface area contributed by atoms with Crippen molar-refractivity contribution in [2.45, 2.75) is 38.5 Å². The first-order chi connectivity index (χ1) is 11.3. The topological polar surface area (TPSA) is 43.0 Å². The fourth-order valence-electron chi connectivity index (χ4n) is 3.11. The Morgan fingerprint density at radius 2 is 2.17 bits per heavy atom. The smallest absolute Gasteiger partial charge is 0.161 e. The van der Waals surface area contributed by atoms with Crippen LogP contribution in [-0.2, 0) is 11.3 Å². The van der Waals surface area contributed by atoms with E-state index in [-0.39, 0.29) is 0 Å². The number of morpholine rings is 1. The Balaban J connectivity index is 1.46. The molecule has 3 rings (SSSR count). The van der Waals surface area contributed by atoms with E-state index in [9.17, 15) is 0 Å². The van der Waals surface area contributed by atoms with E-state index >= 15 is 0 Å². The minimum Gasteiger partial charge on any atom is -0.493 e. The minimum absolute atomic E-state index is 0.300. The monoisotopic (exact) mass is 320 g/mol. The summed E-state index contributed by atoms with van der Waals surface area (Å²) in [6.45, 7) is 7.33. The largest absolute Gasteiger partial charge is 0.493 e. The quantitative estimate of drug-likeness (QED) is 0.794. The number of nitrogens with one attached hydrogen (secondary N) is 1. The van der Waals surface area contributed by atoms with Crippen molar-refractivity contribution >= 4 is 0 Å². The molecule has 1 aliphatic carbocycles. The third-order valence-electron chi connectivity index (χ3n) is 4.46. The Bertz CT molecular complexity index is 505. The standard InChI is InChI=1S/C18H28N2O3/c1-3-22-17-7-4-14(10-18(17)21-2)11-19-12-16-13-20(8-9-23-16)15-5-6-15/h4,7,10,15-16,19H,3,5-6,8-9,11-13H2,1-2H3. The van der Waals surface area contributed by atoms with Gasteiger partial charge < -0.3 is 19.5 Å². The average molecular weight is 320 g/mol. The number of rotatable bonds is 8. The van der Waals surface area contributed by atoms with Crippen LogP contribution in [-0.4, -0.2) is 57.0 Å². The molecule has 2 aliphatic rings. The second kappa shape index (κ2) is 7.99. The molecule has 1 aliphatic heterocycles. The fourth-order valence-corrected chi connectivity index (χ4v) is 3.11. The van der Waals surface area contributed by atoms with Crippen LogP contribution in [0.4, 0.5) is 0 Å². The highest BCUT2D eigenvalue weighted by atomic mass is 16.5. The summed E-state index contributed by atoms with van der Waals surface area (Å²) in [6, 6.07) is 6.93. The molecule has 5 heteroatoms. The van der Waals surface area contributed by atoms with E-state index in [0.717, 1.165) is 50.3 Å². The van der Waals surface area contributed by atoms with Crippen LogP contribution in [0.5, 0.6) is 11.5 Å². The maximum Gasteiger partial charge on any atom is 0.161 e. The van der Waals surface area contributed by atoms with E-state index in [2.05, 4.69) is 16.3 Å². The highest BCUT2D eigenvalue weighted by molar-refractivity contribution is 5.42. The van der Waals surface area contributed by atoms with Crippen molar-refractivity contribution in [3.05, 3.63) is 23.8 Å². The fraction of sp³-hybridized carbons (Fsp3) is 0.667. The molecule has 0 radical (unpaired) electrons. The average Bonchev–Trinajstić information content (AvgIpc) is 3.41. The molecule has 1 unspecified atom stereocenters. The molecule has 0 spiro atoms. The minimum atomic E-state index is 0.300. The summed E-state index contributed by atoms with van der Waals surface area (Å²) in [5, 5.41) is 3.51. The van der Waals surface area contributed by atoms with Gasteiger partial charge in [0.1, 0.15) is 0 Å². The summed E-state index contributed by atoms with van der Waals surface area (Å²) in [7, 11) is 1.68. The first-order valence-electron chi connectivity index (χ1n) is 8.66. The highest BCUT2D eigenvalue weighted by Gasteiger charge is 2.32. The van der Waals surface area contributed by atoms with Crippen LogP contribution in [0.3, 0.4) is 0 Å². The SMILES string of the molecule is CCOc1ccc(CNCC2CN(C3CC3)CCO2)cc1OC. The number of benzene rings is 1. The zero-order chi connectivity index (χ0) is 16.1. The van der Waals surface area contributed by atoms with Gasteiger partial charge >= 0.3 is 0 Å². The van der Waals surface area contributed by atoms with E-state index in [1.54, 1.807) is 7.11 Å². The predicted molar refractivity (Wildman–Crippen MR) is 90.2 cm³/mol.